The van der Waals surface area contributed by atoms with Gasteiger partial charge in [-0.2, -0.15) is 0 Å². The highest BCUT2D eigenvalue weighted by Crippen LogP contribution is 2.34. The van der Waals surface area contributed by atoms with E-state index >= 15 is 0 Å². The molecule has 0 spiro atoms. The van der Waals surface area contributed by atoms with Gasteiger partial charge >= 0.3 is 0 Å². The Hall–Kier alpha value is -1.15. The minimum absolute atomic E-state index is 0.646. The summed E-state index contributed by atoms with van der Waals surface area (Å²) in [5, 5.41) is 1.30. The van der Waals surface area contributed by atoms with Gasteiger partial charge in [0.05, 0.1) is 15.2 Å². The minimum atomic E-state index is 0.646. The second kappa shape index (κ2) is 3.21. The maximum atomic E-state index is 4.67. The van der Waals surface area contributed by atoms with Crippen molar-refractivity contribution in [2.24, 2.45) is 0 Å². The average molecular weight is 201 g/mol. The Labute approximate surface area is 87.1 Å². The van der Waals surface area contributed by atoms with Crippen molar-refractivity contribution in [2.45, 2.75) is 18.8 Å². The van der Waals surface area contributed by atoms with E-state index in [-0.39, 0.29) is 0 Å². The van der Waals surface area contributed by atoms with Gasteiger partial charge in [0.1, 0.15) is 0 Å². The molecule has 1 aromatic heterocycles. The van der Waals surface area contributed by atoms with Crippen molar-refractivity contribution >= 4 is 21.6 Å². The quantitative estimate of drug-likeness (QED) is 0.641. The van der Waals surface area contributed by atoms with Crippen molar-refractivity contribution in [1.82, 2.24) is 4.98 Å². The molecule has 0 unspecified atom stereocenters. The first-order valence-electron chi connectivity index (χ1n) is 4.94. The van der Waals surface area contributed by atoms with Gasteiger partial charge in [-0.25, -0.2) is 4.98 Å². The molecule has 1 heterocycles. The lowest BCUT2D eigenvalue weighted by Gasteiger charge is -2.01. The third kappa shape index (κ3) is 1.26. The molecular formula is C12H11NS. The van der Waals surface area contributed by atoms with Crippen molar-refractivity contribution in [3.63, 3.8) is 0 Å². The van der Waals surface area contributed by atoms with Gasteiger partial charge in [-0.1, -0.05) is 24.3 Å². The van der Waals surface area contributed by atoms with Crippen LogP contribution in [-0.4, -0.2) is 4.98 Å². The number of fused-ring (bicyclic) bond motifs is 1. The second-order valence-corrected chi connectivity index (χ2v) is 4.72. The van der Waals surface area contributed by atoms with Gasteiger partial charge in [-0.3, -0.25) is 0 Å². The summed E-state index contributed by atoms with van der Waals surface area (Å²) in [7, 11) is 0. The van der Waals surface area contributed by atoms with Crippen LogP contribution in [0.4, 0.5) is 0 Å². The van der Waals surface area contributed by atoms with Gasteiger partial charge in [0.15, 0.2) is 0 Å². The summed E-state index contributed by atoms with van der Waals surface area (Å²) in [6, 6.07) is 8.38. The fourth-order valence-electron chi connectivity index (χ4n) is 1.88. The first-order chi connectivity index (χ1) is 6.93. The molecule has 0 bridgehead atoms. The smallest absolute Gasteiger partial charge is 0.0975 e. The number of allylic oxidation sites excluding steroid dienone is 2. The van der Waals surface area contributed by atoms with Gasteiger partial charge in [0.25, 0.3) is 0 Å². The van der Waals surface area contributed by atoms with Crippen LogP contribution in [0, 0.1) is 0 Å². The highest BCUT2D eigenvalue weighted by molar-refractivity contribution is 7.18. The third-order valence-corrected chi connectivity index (χ3v) is 3.87. The van der Waals surface area contributed by atoms with Crippen LogP contribution < -0.4 is 0 Å². The molecule has 14 heavy (non-hydrogen) atoms. The van der Waals surface area contributed by atoms with Crippen LogP contribution in [0.1, 0.15) is 23.8 Å². The van der Waals surface area contributed by atoms with Crippen LogP contribution in [-0.2, 0) is 0 Å². The Morgan fingerprint density at radius 3 is 2.71 bits per heavy atom. The van der Waals surface area contributed by atoms with E-state index in [1.54, 1.807) is 0 Å². The molecule has 2 aromatic rings. The summed E-state index contributed by atoms with van der Waals surface area (Å²) in [5.41, 5.74) is 1.15. The van der Waals surface area contributed by atoms with Crippen molar-refractivity contribution in [1.29, 1.82) is 0 Å². The van der Waals surface area contributed by atoms with E-state index in [9.17, 15) is 0 Å². The van der Waals surface area contributed by atoms with Crippen LogP contribution in [0.3, 0.4) is 0 Å². The minimum Gasteiger partial charge on any atom is -0.241 e. The molecule has 1 nitrogen and oxygen atoms in total. The number of para-hydroxylation sites is 1. The lowest BCUT2D eigenvalue weighted by molar-refractivity contribution is 0.748. The molecule has 0 saturated heterocycles. The zero-order valence-corrected chi connectivity index (χ0v) is 8.63. The molecule has 1 aromatic carbocycles. The molecule has 0 saturated carbocycles. The first kappa shape index (κ1) is 8.18. The monoisotopic (exact) mass is 201 g/mol. The molecule has 0 radical (unpaired) electrons. The normalized spacial score (nSPS) is 16.9. The molecule has 2 heteroatoms. The van der Waals surface area contributed by atoms with Gasteiger partial charge < -0.3 is 0 Å². The largest absolute Gasteiger partial charge is 0.241 e. The molecule has 3 rings (SSSR count). The molecule has 0 aliphatic heterocycles. The van der Waals surface area contributed by atoms with Crippen LogP contribution in [0.2, 0.25) is 0 Å². The number of hydrogen-bond acceptors (Lipinski definition) is 2. The number of nitrogens with zero attached hydrogens (tertiary/aromatic N) is 1. The van der Waals surface area contributed by atoms with Gasteiger partial charge in [0.2, 0.25) is 0 Å². The van der Waals surface area contributed by atoms with E-state index < -0.39 is 0 Å². The number of thiazole rings is 1. The molecular weight excluding hydrogens is 190 g/mol. The zero-order chi connectivity index (χ0) is 9.38. The molecule has 0 atom stereocenters. The summed E-state index contributed by atoms with van der Waals surface area (Å²) < 4.78 is 1.31. The maximum Gasteiger partial charge on any atom is 0.0975 e. The average Bonchev–Trinajstić information content (AvgIpc) is 2.86. The van der Waals surface area contributed by atoms with Gasteiger partial charge in [-0.15, -0.1) is 11.3 Å². The van der Waals surface area contributed by atoms with Crippen molar-refractivity contribution in [3.8, 4) is 0 Å². The molecule has 0 fully saturated rings. The summed E-state index contributed by atoms with van der Waals surface area (Å²) in [5.74, 6) is 0.646. The highest BCUT2D eigenvalue weighted by atomic mass is 32.1. The molecule has 0 N–H and O–H groups in total. The van der Waals surface area contributed by atoms with Crippen molar-refractivity contribution in [2.75, 3.05) is 0 Å². The number of benzene rings is 1. The third-order valence-electron chi connectivity index (χ3n) is 2.67. The molecule has 1 aliphatic rings. The summed E-state index contributed by atoms with van der Waals surface area (Å²) in [6.07, 6.45) is 6.85. The van der Waals surface area contributed by atoms with E-state index in [1.807, 2.05) is 11.3 Å². The predicted molar refractivity (Wildman–Crippen MR) is 60.7 cm³/mol. The van der Waals surface area contributed by atoms with E-state index in [1.165, 1.54) is 22.5 Å². The Morgan fingerprint density at radius 2 is 1.93 bits per heavy atom. The van der Waals surface area contributed by atoms with Gasteiger partial charge in [0, 0.05) is 5.92 Å². The topological polar surface area (TPSA) is 12.9 Å². The second-order valence-electron chi connectivity index (χ2n) is 3.66. The molecule has 0 amide bonds. The first-order valence-corrected chi connectivity index (χ1v) is 5.75. The predicted octanol–water partition coefficient (Wildman–Crippen LogP) is 3.73. The van der Waals surface area contributed by atoms with E-state index in [4.69, 9.17) is 0 Å². The van der Waals surface area contributed by atoms with E-state index in [0.717, 1.165) is 5.52 Å². The Morgan fingerprint density at radius 1 is 1.14 bits per heavy atom. The van der Waals surface area contributed by atoms with Gasteiger partial charge in [-0.05, 0) is 25.0 Å². The number of hydrogen-bond donors (Lipinski definition) is 0. The molecule has 70 valence electrons. The zero-order valence-electron chi connectivity index (χ0n) is 7.81. The fourth-order valence-corrected chi connectivity index (χ4v) is 2.98. The summed E-state index contributed by atoms with van der Waals surface area (Å²) in [6.45, 7) is 0. The Kier molecular flexibility index (Phi) is 1.88. The fraction of sp³-hybridized carbons (Fsp3) is 0.250. The molecule has 1 aliphatic carbocycles. The summed E-state index contributed by atoms with van der Waals surface area (Å²) in [4.78, 5) is 4.67. The Bertz CT molecular complexity index is 443. The van der Waals surface area contributed by atoms with Crippen LogP contribution in [0.25, 0.3) is 10.2 Å². The SMILES string of the molecule is C1=CCC(c2nc3ccccc3s2)C1. The lowest BCUT2D eigenvalue weighted by Crippen LogP contribution is -1.90. The summed E-state index contributed by atoms with van der Waals surface area (Å²) >= 11 is 1.84. The van der Waals surface area contributed by atoms with E-state index in [2.05, 4.69) is 41.4 Å². The number of rotatable bonds is 1. The maximum absolute atomic E-state index is 4.67. The van der Waals surface area contributed by atoms with Crippen molar-refractivity contribution in [3.05, 3.63) is 41.4 Å². The standard InChI is InChI=1S/C12H11NS/c1-2-6-9(5-1)12-13-10-7-3-4-8-11(10)14-12/h1-4,7-9H,5-6H2. The Balaban J connectivity index is 2.05. The van der Waals surface area contributed by atoms with Crippen LogP contribution in [0.15, 0.2) is 36.4 Å². The van der Waals surface area contributed by atoms with Crippen LogP contribution in [0.5, 0.6) is 0 Å². The number of aromatic nitrogens is 1. The van der Waals surface area contributed by atoms with Crippen molar-refractivity contribution < 1.29 is 0 Å². The highest BCUT2D eigenvalue weighted by Gasteiger charge is 2.16. The van der Waals surface area contributed by atoms with E-state index in [0.29, 0.717) is 5.92 Å². The van der Waals surface area contributed by atoms with Crippen LogP contribution >= 0.6 is 11.3 Å². The lowest BCUT2D eigenvalue weighted by atomic mass is 10.1.